The van der Waals surface area contributed by atoms with Crippen molar-refractivity contribution in [1.82, 2.24) is 0 Å². The van der Waals surface area contributed by atoms with Crippen molar-refractivity contribution in [3.63, 3.8) is 0 Å². The van der Waals surface area contributed by atoms with Gasteiger partial charge < -0.3 is 22.5 Å². The molecule has 1 aromatic rings. The lowest BCUT2D eigenvalue weighted by Gasteiger charge is -2.12. The highest BCUT2D eigenvalue weighted by Gasteiger charge is 2.04. The van der Waals surface area contributed by atoms with Crippen LogP contribution in [0.4, 0.5) is 17.1 Å². The number of nitrogens with one attached hydrogen (secondary N) is 1. The highest BCUT2D eigenvalue weighted by Crippen LogP contribution is 2.28. The van der Waals surface area contributed by atoms with E-state index in [-0.39, 0.29) is 0 Å². The van der Waals surface area contributed by atoms with Gasteiger partial charge in [-0.05, 0) is 18.6 Å². The van der Waals surface area contributed by atoms with Crippen molar-refractivity contribution in [2.45, 2.75) is 6.92 Å². The summed E-state index contributed by atoms with van der Waals surface area (Å²) >= 11 is 0. The molecule has 1 aromatic carbocycles. The van der Waals surface area contributed by atoms with Crippen LogP contribution in [-0.2, 0) is 0 Å². The maximum Gasteiger partial charge on any atom is 0.0810 e. The molecule has 0 atom stereocenters. The first-order chi connectivity index (χ1) is 6.16. The van der Waals surface area contributed by atoms with E-state index in [1.165, 1.54) is 0 Å². The summed E-state index contributed by atoms with van der Waals surface area (Å²) < 4.78 is 0. The number of hydrogen-bond acceptors (Lipinski definition) is 4. The number of rotatable bonds is 3. The third kappa shape index (κ3) is 2.03. The average Bonchev–Trinajstić information content (AvgIpc) is 2.12. The number of nitrogen functional groups attached to an aromatic ring is 2. The van der Waals surface area contributed by atoms with Gasteiger partial charge in [0.05, 0.1) is 17.1 Å². The van der Waals surface area contributed by atoms with Gasteiger partial charge >= 0.3 is 0 Å². The maximum absolute atomic E-state index is 5.84. The Hall–Kier alpha value is -1.42. The topological polar surface area (TPSA) is 90.1 Å². The molecule has 0 saturated carbocycles. The zero-order valence-electron chi connectivity index (χ0n) is 7.80. The first kappa shape index (κ1) is 9.67. The fraction of sp³-hybridized carbons (Fsp3) is 0.333. The predicted molar refractivity (Wildman–Crippen MR) is 57.5 cm³/mol. The van der Waals surface area contributed by atoms with Gasteiger partial charge in [-0.3, -0.25) is 0 Å². The molecule has 0 aromatic heterocycles. The van der Waals surface area contributed by atoms with Gasteiger partial charge in [0.2, 0.25) is 0 Å². The molecule has 7 N–H and O–H groups in total. The van der Waals surface area contributed by atoms with Gasteiger partial charge in [-0.1, -0.05) is 6.07 Å². The molecule has 0 spiro atoms. The Balaban J connectivity index is 2.96. The number of hydrogen-bond donors (Lipinski definition) is 4. The van der Waals surface area contributed by atoms with Gasteiger partial charge in [-0.2, -0.15) is 0 Å². The van der Waals surface area contributed by atoms with Gasteiger partial charge in [0.25, 0.3) is 0 Å². The molecule has 0 aliphatic rings. The minimum Gasteiger partial charge on any atom is -0.397 e. The van der Waals surface area contributed by atoms with Crippen molar-refractivity contribution in [3.05, 3.63) is 17.7 Å². The van der Waals surface area contributed by atoms with Crippen LogP contribution in [0.25, 0.3) is 0 Å². The Morgan fingerprint density at radius 1 is 1.31 bits per heavy atom. The molecule has 0 radical (unpaired) electrons. The lowest BCUT2D eigenvalue weighted by Crippen LogP contribution is -2.15. The Morgan fingerprint density at radius 2 is 2.00 bits per heavy atom. The molecule has 0 aliphatic carbocycles. The second kappa shape index (κ2) is 4.00. The predicted octanol–water partition coefficient (Wildman–Crippen LogP) is 0.530. The van der Waals surface area contributed by atoms with Gasteiger partial charge in [0.1, 0.15) is 0 Å². The van der Waals surface area contributed by atoms with E-state index in [0.717, 1.165) is 11.3 Å². The lowest BCUT2D eigenvalue weighted by molar-refractivity contribution is 1.03. The van der Waals surface area contributed by atoms with Crippen LogP contribution >= 0.6 is 0 Å². The highest BCUT2D eigenvalue weighted by atomic mass is 14.9. The molecular formula is C9H16N4. The average molecular weight is 180 g/mol. The van der Waals surface area contributed by atoms with E-state index in [9.17, 15) is 0 Å². The molecule has 0 amide bonds. The van der Waals surface area contributed by atoms with Crippen molar-refractivity contribution in [2.24, 2.45) is 5.73 Å². The lowest BCUT2D eigenvalue weighted by atomic mass is 10.1. The fourth-order valence-electron chi connectivity index (χ4n) is 1.14. The molecule has 72 valence electrons. The van der Waals surface area contributed by atoms with E-state index in [1.807, 2.05) is 19.1 Å². The van der Waals surface area contributed by atoms with E-state index in [2.05, 4.69) is 5.32 Å². The summed E-state index contributed by atoms with van der Waals surface area (Å²) in [6.07, 6.45) is 0. The quantitative estimate of drug-likeness (QED) is 0.511. The molecule has 0 heterocycles. The molecule has 0 saturated heterocycles. The minimum absolute atomic E-state index is 0.562. The summed E-state index contributed by atoms with van der Waals surface area (Å²) in [6.45, 7) is 3.19. The Kier molecular flexibility index (Phi) is 2.97. The van der Waals surface area contributed by atoms with Crippen LogP contribution in [0, 0.1) is 6.92 Å². The maximum atomic E-state index is 5.84. The van der Waals surface area contributed by atoms with Gasteiger partial charge in [-0.25, -0.2) is 0 Å². The summed E-state index contributed by atoms with van der Waals surface area (Å²) in [5.41, 5.74) is 20.1. The molecule has 0 fully saturated rings. The second-order valence-electron chi connectivity index (χ2n) is 2.98. The largest absolute Gasteiger partial charge is 0.397 e. The Morgan fingerprint density at radius 3 is 2.62 bits per heavy atom. The van der Waals surface area contributed by atoms with Crippen molar-refractivity contribution in [1.29, 1.82) is 0 Å². The summed E-state index contributed by atoms with van der Waals surface area (Å²) in [5.74, 6) is 0. The second-order valence-corrected chi connectivity index (χ2v) is 2.98. The molecule has 0 bridgehead atoms. The van der Waals surface area contributed by atoms with Crippen molar-refractivity contribution in [2.75, 3.05) is 29.9 Å². The monoisotopic (exact) mass is 180 g/mol. The highest BCUT2D eigenvalue weighted by molar-refractivity contribution is 5.81. The third-order valence-electron chi connectivity index (χ3n) is 1.94. The summed E-state index contributed by atoms with van der Waals surface area (Å²) in [7, 11) is 0. The summed E-state index contributed by atoms with van der Waals surface area (Å²) in [4.78, 5) is 0. The minimum atomic E-state index is 0.562. The van der Waals surface area contributed by atoms with Crippen LogP contribution in [0.5, 0.6) is 0 Å². The van der Waals surface area contributed by atoms with Crippen molar-refractivity contribution >= 4 is 17.1 Å². The van der Waals surface area contributed by atoms with E-state index < -0.39 is 0 Å². The first-order valence-corrected chi connectivity index (χ1v) is 4.25. The molecular weight excluding hydrogens is 164 g/mol. The van der Waals surface area contributed by atoms with Gasteiger partial charge in [0, 0.05) is 13.1 Å². The van der Waals surface area contributed by atoms with E-state index >= 15 is 0 Å². The molecule has 4 nitrogen and oxygen atoms in total. The zero-order valence-corrected chi connectivity index (χ0v) is 7.80. The molecule has 0 unspecified atom stereocenters. The SMILES string of the molecule is Cc1ccc(N)c(NCCN)c1N. The van der Waals surface area contributed by atoms with Gasteiger partial charge in [-0.15, -0.1) is 0 Å². The van der Waals surface area contributed by atoms with Crippen LogP contribution in [0.2, 0.25) is 0 Å². The van der Waals surface area contributed by atoms with Crippen molar-refractivity contribution < 1.29 is 0 Å². The normalized spacial score (nSPS) is 10.0. The smallest absolute Gasteiger partial charge is 0.0810 e. The zero-order chi connectivity index (χ0) is 9.84. The number of nitrogens with two attached hydrogens (primary N) is 3. The van der Waals surface area contributed by atoms with Crippen molar-refractivity contribution in [3.8, 4) is 0 Å². The number of anilines is 3. The third-order valence-corrected chi connectivity index (χ3v) is 1.94. The Labute approximate surface area is 78.1 Å². The first-order valence-electron chi connectivity index (χ1n) is 4.25. The van der Waals surface area contributed by atoms with Crippen LogP contribution in [0.3, 0.4) is 0 Å². The van der Waals surface area contributed by atoms with Crippen LogP contribution in [0.15, 0.2) is 12.1 Å². The van der Waals surface area contributed by atoms with Crippen LogP contribution in [-0.4, -0.2) is 13.1 Å². The standard InChI is InChI=1S/C9H16N4/c1-6-2-3-7(11)9(8(6)12)13-5-4-10/h2-3,13H,4-5,10-12H2,1H3. The summed E-state index contributed by atoms with van der Waals surface area (Å²) in [5, 5.41) is 3.10. The molecule has 4 heteroatoms. The Bertz CT molecular complexity index is 296. The van der Waals surface area contributed by atoms with Crippen LogP contribution < -0.4 is 22.5 Å². The van der Waals surface area contributed by atoms with E-state index in [4.69, 9.17) is 17.2 Å². The number of aryl methyl sites for hydroxylation is 1. The van der Waals surface area contributed by atoms with E-state index in [1.54, 1.807) is 0 Å². The summed E-state index contributed by atoms with van der Waals surface area (Å²) in [6, 6.07) is 3.74. The molecule has 0 aliphatic heterocycles. The fourth-order valence-corrected chi connectivity index (χ4v) is 1.14. The molecule has 1 rings (SSSR count). The molecule has 13 heavy (non-hydrogen) atoms. The van der Waals surface area contributed by atoms with Crippen LogP contribution in [0.1, 0.15) is 5.56 Å². The van der Waals surface area contributed by atoms with Gasteiger partial charge in [0.15, 0.2) is 0 Å². The number of benzene rings is 1. The van der Waals surface area contributed by atoms with E-state index in [0.29, 0.717) is 24.5 Å².